The van der Waals surface area contributed by atoms with E-state index in [0.717, 1.165) is 43.0 Å². The summed E-state index contributed by atoms with van der Waals surface area (Å²) in [6.07, 6.45) is 4.02. The molecule has 5 heteroatoms. The Morgan fingerprint density at radius 1 is 1.35 bits per heavy atom. The van der Waals surface area contributed by atoms with Gasteiger partial charge in [-0.3, -0.25) is 0 Å². The standard InChI is InChI=1S/C18H24N4O/c1-3-19-18(23)21-11-7-10-16(13-21)22-14(2)12-20-17(22)15-8-5-4-6-9-15/h4-6,8-9,12,16H,3,7,10-11,13H2,1-2H3,(H,19,23). The largest absolute Gasteiger partial charge is 0.338 e. The van der Waals surface area contributed by atoms with Crippen molar-refractivity contribution in [1.29, 1.82) is 0 Å². The molecule has 0 aliphatic carbocycles. The number of amides is 2. The molecule has 122 valence electrons. The number of nitrogens with one attached hydrogen (secondary N) is 1. The van der Waals surface area contributed by atoms with Crippen molar-refractivity contribution in [2.24, 2.45) is 0 Å². The predicted molar refractivity (Wildman–Crippen MR) is 91.3 cm³/mol. The first-order chi connectivity index (χ1) is 11.2. The van der Waals surface area contributed by atoms with E-state index in [0.29, 0.717) is 6.54 Å². The molecule has 1 saturated heterocycles. The monoisotopic (exact) mass is 312 g/mol. The zero-order valence-electron chi connectivity index (χ0n) is 13.8. The minimum absolute atomic E-state index is 0.0382. The van der Waals surface area contributed by atoms with Crippen LogP contribution in [-0.4, -0.2) is 40.1 Å². The maximum atomic E-state index is 12.1. The van der Waals surface area contributed by atoms with Crippen LogP contribution in [0.15, 0.2) is 36.5 Å². The smallest absolute Gasteiger partial charge is 0.317 e. The quantitative estimate of drug-likeness (QED) is 0.946. The fourth-order valence-electron chi connectivity index (χ4n) is 3.32. The van der Waals surface area contributed by atoms with Crippen molar-refractivity contribution in [2.45, 2.75) is 32.7 Å². The second-order valence-corrected chi connectivity index (χ2v) is 6.04. The number of hydrogen-bond donors (Lipinski definition) is 1. The number of urea groups is 1. The first kappa shape index (κ1) is 15.6. The third-order valence-corrected chi connectivity index (χ3v) is 4.39. The maximum Gasteiger partial charge on any atom is 0.317 e. The molecule has 1 aliphatic heterocycles. The Kier molecular flexibility index (Phi) is 4.65. The van der Waals surface area contributed by atoms with Crippen LogP contribution in [0, 0.1) is 6.92 Å². The topological polar surface area (TPSA) is 50.2 Å². The highest BCUT2D eigenvalue weighted by Gasteiger charge is 2.27. The van der Waals surface area contributed by atoms with E-state index in [4.69, 9.17) is 0 Å². The highest BCUT2D eigenvalue weighted by atomic mass is 16.2. The number of benzene rings is 1. The van der Waals surface area contributed by atoms with Crippen molar-refractivity contribution in [3.8, 4) is 11.4 Å². The molecular formula is C18H24N4O. The summed E-state index contributed by atoms with van der Waals surface area (Å²) in [6.45, 7) is 6.27. The summed E-state index contributed by atoms with van der Waals surface area (Å²) in [6, 6.07) is 10.6. The number of aryl methyl sites for hydroxylation is 1. The number of hydrogen-bond acceptors (Lipinski definition) is 2. The molecule has 1 fully saturated rings. The second-order valence-electron chi connectivity index (χ2n) is 6.04. The van der Waals surface area contributed by atoms with E-state index in [2.05, 4.69) is 33.9 Å². The molecule has 5 nitrogen and oxygen atoms in total. The Balaban J connectivity index is 1.87. The van der Waals surface area contributed by atoms with E-state index in [1.165, 1.54) is 0 Å². The summed E-state index contributed by atoms with van der Waals surface area (Å²) in [5.41, 5.74) is 2.27. The molecule has 1 aromatic carbocycles. The molecule has 1 aliphatic rings. The van der Waals surface area contributed by atoms with E-state index in [1.807, 2.05) is 36.2 Å². The van der Waals surface area contributed by atoms with Gasteiger partial charge in [0.2, 0.25) is 0 Å². The van der Waals surface area contributed by atoms with E-state index in [9.17, 15) is 4.79 Å². The Hall–Kier alpha value is -2.30. The summed E-state index contributed by atoms with van der Waals surface area (Å²) < 4.78 is 2.29. The number of piperidine rings is 1. The Morgan fingerprint density at radius 3 is 2.87 bits per heavy atom. The van der Waals surface area contributed by atoms with Crippen LogP contribution in [0.4, 0.5) is 4.79 Å². The molecule has 1 atom stereocenters. The van der Waals surface area contributed by atoms with E-state index in [1.54, 1.807) is 0 Å². The number of likely N-dealkylation sites (tertiary alicyclic amines) is 1. The number of carbonyl (C=O) groups excluding carboxylic acids is 1. The predicted octanol–water partition coefficient (Wildman–Crippen LogP) is 3.22. The average Bonchev–Trinajstić information content (AvgIpc) is 2.97. The van der Waals surface area contributed by atoms with Crippen molar-refractivity contribution in [1.82, 2.24) is 19.8 Å². The first-order valence-electron chi connectivity index (χ1n) is 8.32. The Morgan fingerprint density at radius 2 is 2.13 bits per heavy atom. The highest BCUT2D eigenvalue weighted by molar-refractivity contribution is 5.74. The van der Waals surface area contributed by atoms with E-state index in [-0.39, 0.29) is 12.1 Å². The van der Waals surface area contributed by atoms with Crippen molar-refractivity contribution in [3.05, 3.63) is 42.2 Å². The summed E-state index contributed by atoms with van der Waals surface area (Å²) in [5.74, 6) is 0.992. The fraction of sp³-hybridized carbons (Fsp3) is 0.444. The maximum absolute atomic E-state index is 12.1. The van der Waals surface area contributed by atoms with Gasteiger partial charge in [-0.25, -0.2) is 9.78 Å². The lowest BCUT2D eigenvalue weighted by Crippen LogP contribution is -2.46. The molecule has 1 aromatic heterocycles. The van der Waals surface area contributed by atoms with Gasteiger partial charge >= 0.3 is 6.03 Å². The van der Waals surface area contributed by atoms with Gasteiger partial charge in [-0.2, -0.15) is 0 Å². The molecular weight excluding hydrogens is 288 g/mol. The summed E-state index contributed by atoms with van der Waals surface area (Å²) in [5, 5.41) is 2.90. The van der Waals surface area contributed by atoms with Gasteiger partial charge < -0.3 is 14.8 Å². The van der Waals surface area contributed by atoms with E-state index < -0.39 is 0 Å². The summed E-state index contributed by atoms with van der Waals surface area (Å²) in [7, 11) is 0. The van der Waals surface area contributed by atoms with Gasteiger partial charge in [0.15, 0.2) is 0 Å². The zero-order valence-corrected chi connectivity index (χ0v) is 13.8. The minimum atomic E-state index is 0.0382. The Labute approximate surface area is 137 Å². The molecule has 3 rings (SSSR count). The zero-order chi connectivity index (χ0) is 16.2. The Bertz CT molecular complexity index is 665. The number of aromatic nitrogens is 2. The molecule has 2 heterocycles. The van der Waals surface area contributed by atoms with Gasteiger partial charge in [0.05, 0.1) is 6.04 Å². The fourth-order valence-corrected chi connectivity index (χ4v) is 3.32. The molecule has 2 amide bonds. The van der Waals surface area contributed by atoms with Crippen LogP contribution in [0.5, 0.6) is 0 Å². The lowest BCUT2D eigenvalue weighted by atomic mass is 10.0. The van der Waals surface area contributed by atoms with Gasteiger partial charge in [0, 0.05) is 37.1 Å². The molecule has 1 unspecified atom stereocenters. The number of imidazole rings is 1. The van der Waals surface area contributed by atoms with Gasteiger partial charge in [0.25, 0.3) is 0 Å². The summed E-state index contributed by atoms with van der Waals surface area (Å²) >= 11 is 0. The van der Waals surface area contributed by atoms with Gasteiger partial charge in [-0.05, 0) is 26.7 Å². The molecule has 1 N–H and O–H groups in total. The molecule has 0 saturated carbocycles. The third-order valence-electron chi connectivity index (χ3n) is 4.39. The van der Waals surface area contributed by atoms with Crippen LogP contribution in [0.2, 0.25) is 0 Å². The molecule has 0 radical (unpaired) electrons. The normalized spacial score (nSPS) is 18.0. The first-order valence-corrected chi connectivity index (χ1v) is 8.32. The summed E-state index contributed by atoms with van der Waals surface area (Å²) in [4.78, 5) is 18.7. The SMILES string of the molecule is CCNC(=O)N1CCCC(n2c(C)cnc2-c2ccccc2)C1. The third kappa shape index (κ3) is 3.23. The van der Waals surface area contributed by atoms with Crippen molar-refractivity contribution in [2.75, 3.05) is 19.6 Å². The van der Waals surface area contributed by atoms with Crippen molar-refractivity contribution in [3.63, 3.8) is 0 Å². The lowest BCUT2D eigenvalue weighted by Gasteiger charge is -2.34. The molecule has 2 aromatic rings. The van der Waals surface area contributed by atoms with Crippen LogP contribution < -0.4 is 5.32 Å². The van der Waals surface area contributed by atoms with Crippen molar-refractivity contribution >= 4 is 6.03 Å². The minimum Gasteiger partial charge on any atom is -0.338 e. The van der Waals surface area contributed by atoms with Gasteiger partial charge in [0.1, 0.15) is 5.82 Å². The van der Waals surface area contributed by atoms with Crippen LogP contribution in [-0.2, 0) is 0 Å². The van der Waals surface area contributed by atoms with Gasteiger partial charge in [-0.1, -0.05) is 30.3 Å². The van der Waals surface area contributed by atoms with Crippen molar-refractivity contribution < 1.29 is 4.79 Å². The number of carbonyl (C=O) groups is 1. The highest BCUT2D eigenvalue weighted by Crippen LogP contribution is 2.29. The lowest BCUT2D eigenvalue weighted by molar-refractivity contribution is 0.167. The number of nitrogens with zero attached hydrogens (tertiary/aromatic N) is 3. The molecule has 0 bridgehead atoms. The van der Waals surface area contributed by atoms with Crippen LogP contribution in [0.25, 0.3) is 11.4 Å². The number of rotatable bonds is 3. The van der Waals surface area contributed by atoms with Crippen LogP contribution >= 0.6 is 0 Å². The van der Waals surface area contributed by atoms with E-state index >= 15 is 0 Å². The van der Waals surface area contributed by atoms with Crippen LogP contribution in [0.3, 0.4) is 0 Å². The molecule has 23 heavy (non-hydrogen) atoms. The van der Waals surface area contributed by atoms with Gasteiger partial charge in [-0.15, -0.1) is 0 Å². The average molecular weight is 312 g/mol. The van der Waals surface area contributed by atoms with Crippen LogP contribution in [0.1, 0.15) is 31.5 Å². The second kappa shape index (κ2) is 6.86. The molecule has 0 spiro atoms.